The van der Waals surface area contributed by atoms with Crippen LogP contribution < -0.4 is 0 Å². The minimum absolute atomic E-state index is 0.151. The van der Waals surface area contributed by atoms with Crippen molar-refractivity contribution in [1.29, 1.82) is 0 Å². The van der Waals surface area contributed by atoms with Crippen molar-refractivity contribution in [3.8, 4) is 0 Å². The van der Waals surface area contributed by atoms with E-state index in [1.54, 1.807) is 5.57 Å². The number of aliphatic hydroxyl groups is 1. The molecule has 2 rings (SSSR count). The molecule has 0 aromatic carbocycles. The topological polar surface area (TPSA) is 20.2 Å². The largest absolute Gasteiger partial charge is 0.393 e. The molecule has 0 amide bonds. The average Bonchev–Trinajstić information content (AvgIpc) is 2.32. The molecule has 0 aromatic rings. The van der Waals surface area contributed by atoms with Crippen molar-refractivity contribution in [3.05, 3.63) is 35.5 Å². The highest BCUT2D eigenvalue weighted by molar-refractivity contribution is 5.35. The molecule has 2 fully saturated rings. The van der Waals surface area contributed by atoms with Gasteiger partial charge in [-0.3, -0.25) is 0 Å². The van der Waals surface area contributed by atoms with Gasteiger partial charge in [-0.05, 0) is 50.5 Å². The van der Waals surface area contributed by atoms with Crippen molar-refractivity contribution in [3.63, 3.8) is 0 Å². The lowest BCUT2D eigenvalue weighted by Gasteiger charge is -2.22. The van der Waals surface area contributed by atoms with Gasteiger partial charge in [-0.15, -0.1) is 0 Å². The first-order valence-electron chi connectivity index (χ1n) is 6.50. The SMILES string of the molecule is C=C1CCC(O)C/C1=C\C=C1CCCCC1. The predicted molar refractivity (Wildman–Crippen MR) is 68.2 cm³/mol. The molecule has 0 spiro atoms. The number of hydrogen-bond acceptors (Lipinski definition) is 1. The van der Waals surface area contributed by atoms with Crippen LogP contribution in [-0.2, 0) is 0 Å². The molecule has 1 heteroatoms. The lowest BCUT2D eigenvalue weighted by Crippen LogP contribution is -2.14. The molecule has 2 aliphatic carbocycles. The normalized spacial score (nSPS) is 29.6. The number of aliphatic hydroxyl groups excluding tert-OH is 1. The molecule has 2 saturated carbocycles. The quantitative estimate of drug-likeness (QED) is 0.707. The van der Waals surface area contributed by atoms with E-state index in [1.165, 1.54) is 43.3 Å². The minimum Gasteiger partial charge on any atom is -0.393 e. The van der Waals surface area contributed by atoms with Gasteiger partial charge < -0.3 is 5.11 Å². The standard InChI is InChI=1S/C15H22O/c1-12-7-10-15(16)11-14(12)9-8-13-5-3-2-4-6-13/h8-9,15-16H,1-7,10-11H2/b14-9+. The first kappa shape index (κ1) is 11.7. The molecule has 1 nitrogen and oxygen atoms in total. The van der Waals surface area contributed by atoms with Crippen molar-refractivity contribution in [1.82, 2.24) is 0 Å². The van der Waals surface area contributed by atoms with Gasteiger partial charge in [0.1, 0.15) is 0 Å². The number of hydrogen-bond donors (Lipinski definition) is 1. The fourth-order valence-corrected chi connectivity index (χ4v) is 2.58. The van der Waals surface area contributed by atoms with Crippen LogP contribution in [0.3, 0.4) is 0 Å². The highest BCUT2D eigenvalue weighted by Gasteiger charge is 2.16. The monoisotopic (exact) mass is 218 g/mol. The first-order chi connectivity index (χ1) is 7.75. The molecular weight excluding hydrogens is 196 g/mol. The molecule has 0 saturated heterocycles. The van der Waals surface area contributed by atoms with Gasteiger partial charge in [0.15, 0.2) is 0 Å². The van der Waals surface area contributed by atoms with Crippen LogP contribution in [0.15, 0.2) is 35.5 Å². The zero-order chi connectivity index (χ0) is 11.4. The second-order valence-corrected chi connectivity index (χ2v) is 5.08. The van der Waals surface area contributed by atoms with Crippen molar-refractivity contribution in [2.24, 2.45) is 0 Å². The predicted octanol–water partition coefficient (Wildman–Crippen LogP) is 3.90. The fourth-order valence-electron chi connectivity index (χ4n) is 2.58. The average molecular weight is 218 g/mol. The van der Waals surface area contributed by atoms with Crippen LogP contribution in [0, 0.1) is 0 Å². The van der Waals surface area contributed by atoms with Gasteiger partial charge in [0, 0.05) is 0 Å². The Morgan fingerprint density at radius 2 is 1.81 bits per heavy atom. The number of allylic oxidation sites excluding steroid dienone is 4. The van der Waals surface area contributed by atoms with Gasteiger partial charge in [-0.25, -0.2) is 0 Å². The minimum atomic E-state index is -0.151. The highest BCUT2D eigenvalue weighted by Crippen LogP contribution is 2.29. The van der Waals surface area contributed by atoms with Crippen LogP contribution in [0.4, 0.5) is 0 Å². The molecule has 2 aliphatic rings. The summed E-state index contributed by atoms with van der Waals surface area (Å²) in [5.74, 6) is 0. The Balaban J connectivity index is 2.01. The van der Waals surface area contributed by atoms with Crippen LogP contribution in [0.25, 0.3) is 0 Å². The molecule has 1 unspecified atom stereocenters. The fraction of sp³-hybridized carbons (Fsp3) is 0.600. The van der Waals surface area contributed by atoms with E-state index in [2.05, 4.69) is 18.7 Å². The van der Waals surface area contributed by atoms with Crippen molar-refractivity contribution < 1.29 is 5.11 Å². The molecule has 16 heavy (non-hydrogen) atoms. The maximum Gasteiger partial charge on any atom is 0.0583 e. The number of rotatable bonds is 1. The molecule has 0 bridgehead atoms. The van der Waals surface area contributed by atoms with E-state index < -0.39 is 0 Å². The van der Waals surface area contributed by atoms with Crippen LogP contribution in [-0.4, -0.2) is 11.2 Å². The van der Waals surface area contributed by atoms with E-state index in [0.29, 0.717) is 0 Å². The van der Waals surface area contributed by atoms with E-state index in [9.17, 15) is 5.11 Å². The van der Waals surface area contributed by atoms with E-state index >= 15 is 0 Å². The lowest BCUT2D eigenvalue weighted by molar-refractivity contribution is 0.158. The Morgan fingerprint density at radius 1 is 1.06 bits per heavy atom. The summed E-state index contributed by atoms with van der Waals surface area (Å²) < 4.78 is 0. The smallest absolute Gasteiger partial charge is 0.0583 e. The Morgan fingerprint density at radius 3 is 2.56 bits per heavy atom. The van der Waals surface area contributed by atoms with Crippen LogP contribution in [0.2, 0.25) is 0 Å². The Labute approximate surface area is 98.6 Å². The van der Waals surface area contributed by atoms with Gasteiger partial charge in [-0.1, -0.05) is 36.3 Å². The van der Waals surface area contributed by atoms with Crippen molar-refractivity contribution >= 4 is 0 Å². The van der Waals surface area contributed by atoms with Gasteiger partial charge in [0.25, 0.3) is 0 Å². The molecule has 0 radical (unpaired) electrons. The third-order valence-electron chi connectivity index (χ3n) is 3.71. The van der Waals surface area contributed by atoms with Gasteiger partial charge >= 0.3 is 0 Å². The molecule has 1 N–H and O–H groups in total. The molecular formula is C15H22O. The summed E-state index contributed by atoms with van der Waals surface area (Å²) in [5.41, 5.74) is 4.06. The second kappa shape index (κ2) is 5.49. The van der Waals surface area contributed by atoms with Crippen molar-refractivity contribution in [2.75, 3.05) is 0 Å². The molecule has 0 aliphatic heterocycles. The molecule has 1 atom stereocenters. The third-order valence-corrected chi connectivity index (χ3v) is 3.71. The van der Waals surface area contributed by atoms with Crippen LogP contribution in [0.5, 0.6) is 0 Å². The van der Waals surface area contributed by atoms with Crippen molar-refractivity contribution in [2.45, 2.75) is 57.5 Å². The summed E-state index contributed by atoms with van der Waals surface area (Å²) >= 11 is 0. The van der Waals surface area contributed by atoms with Crippen LogP contribution in [0.1, 0.15) is 51.4 Å². The Kier molecular flexibility index (Phi) is 4.00. The van der Waals surface area contributed by atoms with E-state index in [-0.39, 0.29) is 6.10 Å². The summed E-state index contributed by atoms with van der Waals surface area (Å²) in [6.45, 7) is 4.09. The zero-order valence-corrected chi connectivity index (χ0v) is 10.0. The maximum absolute atomic E-state index is 9.63. The molecule has 88 valence electrons. The van der Waals surface area contributed by atoms with E-state index in [4.69, 9.17) is 0 Å². The molecule has 0 heterocycles. The first-order valence-corrected chi connectivity index (χ1v) is 6.50. The third kappa shape index (κ3) is 3.08. The van der Waals surface area contributed by atoms with Gasteiger partial charge in [0.05, 0.1) is 6.10 Å². The zero-order valence-electron chi connectivity index (χ0n) is 10.0. The lowest BCUT2D eigenvalue weighted by atomic mass is 9.87. The summed E-state index contributed by atoms with van der Waals surface area (Å²) in [5, 5.41) is 9.63. The second-order valence-electron chi connectivity index (χ2n) is 5.08. The van der Waals surface area contributed by atoms with Gasteiger partial charge in [-0.2, -0.15) is 0 Å². The highest BCUT2D eigenvalue weighted by atomic mass is 16.3. The summed E-state index contributed by atoms with van der Waals surface area (Å²) in [7, 11) is 0. The van der Waals surface area contributed by atoms with Gasteiger partial charge in [0.2, 0.25) is 0 Å². The summed E-state index contributed by atoms with van der Waals surface area (Å²) in [6, 6.07) is 0. The summed E-state index contributed by atoms with van der Waals surface area (Å²) in [4.78, 5) is 0. The molecule has 0 aromatic heterocycles. The van der Waals surface area contributed by atoms with E-state index in [0.717, 1.165) is 19.3 Å². The Hall–Kier alpha value is -0.820. The maximum atomic E-state index is 9.63. The van der Waals surface area contributed by atoms with E-state index in [1.807, 2.05) is 0 Å². The van der Waals surface area contributed by atoms with Crippen LogP contribution >= 0.6 is 0 Å². The summed E-state index contributed by atoms with van der Waals surface area (Å²) in [6.07, 6.45) is 13.6. The Bertz CT molecular complexity index is 314.